The summed E-state index contributed by atoms with van der Waals surface area (Å²) in [5, 5.41) is 9.76. The molecule has 1 N–H and O–H groups in total. The van der Waals surface area contributed by atoms with E-state index in [-0.39, 0.29) is 17.6 Å². The van der Waals surface area contributed by atoms with Crippen LogP contribution in [0, 0.1) is 0 Å². The standard InChI is InChI=1S/C11H13ClO2S/c1-11(14-10(6-13)7-15-11)8-2-4-9(12)5-3-8/h2-5,10,13H,6-7H2,1H3. The van der Waals surface area contributed by atoms with Gasteiger partial charge in [0.25, 0.3) is 0 Å². The second kappa shape index (κ2) is 4.34. The fourth-order valence-corrected chi connectivity index (χ4v) is 2.94. The van der Waals surface area contributed by atoms with Crippen LogP contribution in [0.4, 0.5) is 0 Å². The van der Waals surface area contributed by atoms with Crippen molar-refractivity contribution in [2.24, 2.45) is 0 Å². The lowest BCUT2D eigenvalue weighted by molar-refractivity contribution is -0.0249. The number of aliphatic hydroxyl groups is 1. The molecule has 2 nitrogen and oxygen atoms in total. The van der Waals surface area contributed by atoms with Crippen LogP contribution in [-0.2, 0) is 9.67 Å². The average Bonchev–Trinajstić information content (AvgIpc) is 2.62. The third-order valence-electron chi connectivity index (χ3n) is 2.51. The molecule has 4 heteroatoms. The van der Waals surface area contributed by atoms with E-state index in [1.165, 1.54) is 0 Å². The lowest BCUT2D eigenvalue weighted by atomic mass is 10.1. The molecule has 2 unspecified atom stereocenters. The molecule has 15 heavy (non-hydrogen) atoms. The van der Waals surface area contributed by atoms with Gasteiger partial charge in [-0.1, -0.05) is 23.7 Å². The normalized spacial score (nSPS) is 30.7. The molecule has 2 atom stereocenters. The highest BCUT2D eigenvalue weighted by molar-refractivity contribution is 8.00. The number of ether oxygens (including phenoxy) is 1. The van der Waals surface area contributed by atoms with E-state index >= 15 is 0 Å². The summed E-state index contributed by atoms with van der Waals surface area (Å²) in [6, 6.07) is 7.65. The van der Waals surface area contributed by atoms with Gasteiger partial charge in [0, 0.05) is 10.8 Å². The molecule has 1 saturated heterocycles. The minimum Gasteiger partial charge on any atom is -0.394 e. The number of aliphatic hydroxyl groups excluding tert-OH is 1. The van der Waals surface area contributed by atoms with Crippen LogP contribution in [0.15, 0.2) is 24.3 Å². The Morgan fingerprint density at radius 1 is 1.53 bits per heavy atom. The van der Waals surface area contributed by atoms with Crippen molar-refractivity contribution in [2.45, 2.75) is 18.0 Å². The molecule has 1 aliphatic rings. The minimum absolute atomic E-state index is 0.0596. The SMILES string of the molecule is CC1(c2ccc(Cl)cc2)OC(CO)CS1. The molecule has 2 rings (SSSR count). The Balaban J connectivity index is 2.20. The minimum atomic E-state index is -0.349. The molecular formula is C11H13ClO2S. The van der Waals surface area contributed by atoms with Gasteiger partial charge in [-0.3, -0.25) is 0 Å². The first-order chi connectivity index (χ1) is 7.14. The van der Waals surface area contributed by atoms with E-state index in [1.54, 1.807) is 11.8 Å². The molecule has 0 aliphatic carbocycles. The first-order valence-corrected chi connectivity index (χ1v) is 6.19. The van der Waals surface area contributed by atoms with Crippen molar-refractivity contribution >= 4 is 23.4 Å². The van der Waals surface area contributed by atoms with Gasteiger partial charge < -0.3 is 9.84 Å². The average molecular weight is 245 g/mol. The Bertz CT molecular complexity index is 341. The van der Waals surface area contributed by atoms with Crippen molar-refractivity contribution in [3.63, 3.8) is 0 Å². The highest BCUT2D eigenvalue weighted by Gasteiger charge is 2.37. The highest BCUT2D eigenvalue weighted by atomic mass is 35.5. The van der Waals surface area contributed by atoms with Gasteiger partial charge in [0.15, 0.2) is 0 Å². The zero-order chi connectivity index (χ0) is 10.9. The van der Waals surface area contributed by atoms with Crippen LogP contribution in [0.1, 0.15) is 12.5 Å². The second-order valence-corrected chi connectivity index (χ2v) is 5.52. The monoisotopic (exact) mass is 244 g/mol. The Morgan fingerprint density at radius 3 is 2.73 bits per heavy atom. The Kier molecular flexibility index (Phi) is 3.26. The maximum atomic E-state index is 9.03. The topological polar surface area (TPSA) is 29.5 Å². The summed E-state index contributed by atoms with van der Waals surface area (Å²) in [7, 11) is 0. The van der Waals surface area contributed by atoms with Crippen molar-refractivity contribution in [1.82, 2.24) is 0 Å². The molecule has 0 spiro atoms. The van der Waals surface area contributed by atoms with Crippen LogP contribution in [0.2, 0.25) is 5.02 Å². The number of thioether (sulfide) groups is 1. The third kappa shape index (κ3) is 2.31. The van der Waals surface area contributed by atoms with Crippen molar-refractivity contribution in [2.75, 3.05) is 12.4 Å². The molecule has 0 saturated carbocycles. The lowest BCUT2D eigenvalue weighted by Gasteiger charge is -2.23. The summed E-state index contributed by atoms with van der Waals surface area (Å²) in [5.41, 5.74) is 1.09. The van der Waals surface area contributed by atoms with Gasteiger partial charge in [-0.2, -0.15) is 0 Å². The Hall–Kier alpha value is -0.220. The van der Waals surface area contributed by atoms with E-state index in [4.69, 9.17) is 21.4 Å². The van der Waals surface area contributed by atoms with Crippen molar-refractivity contribution in [3.05, 3.63) is 34.9 Å². The number of halogens is 1. The molecule has 0 radical (unpaired) electrons. The van der Waals surface area contributed by atoms with Crippen LogP contribution in [0.3, 0.4) is 0 Å². The van der Waals surface area contributed by atoms with E-state index < -0.39 is 0 Å². The first kappa shape index (κ1) is 11.3. The van der Waals surface area contributed by atoms with Crippen LogP contribution in [0.5, 0.6) is 0 Å². The van der Waals surface area contributed by atoms with Gasteiger partial charge in [-0.15, -0.1) is 11.8 Å². The van der Waals surface area contributed by atoms with Crippen molar-refractivity contribution < 1.29 is 9.84 Å². The molecule has 1 fully saturated rings. The maximum Gasteiger partial charge on any atom is 0.137 e. The third-order valence-corrected chi connectivity index (χ3v) is 4.18. The van der Waals surface area contributed by atoms with Gasteiger partial charge in [-0.25, -0.2) is 0 Å². The molecule has 1 heterocycles. The van der Waals surface area contributed by atoms with Crippen LogP contribution < -0.4 is 0 Å². The Labute approximate surface area is 98.6 Å². The molecule has 1 aromatic carbocycles. The smallest absolute Gasteiger partial charge is 0.137 e. The Morgan fingerprint density at radius 2 is 2.20 bits per heavy atom. The first-order valence-electron chi connectivity index (χ1n) is 4.83. The fourth-order valence-electron chi connectivity index (χ4n) is 1.63. The summed E-state index contributed by atoms with van der Waals surface area (Å²) in [6.07, 6.45) is -0.0596. The van der Waals surface area contributed by atoms with Gasteiger partial charge in [0.05, 0.1) is 12.7 Å². The molecular weight excluding hydrogens is 232 g/mol. The molecule has 1 aliphatic heterocycles. The zero-order valence-electron chi connectivity index (χ0n) is 8.44. The van der Waals surface area contributed by atoms with E-state index in [2.05, 4.69) is 0 Å². The van der Waals surface area contributed by atoms with Crippen LogP contribution in [-0.4, -0.2) is 23.6 Å². The fraction of sp³-hybridized carbons (Fsp3) is 0.455. The summed E-state index contributed by atoms with van der Waals surface area (Å²) in [5.74, 6) is 0.829. The number of hydrogen-bond acceptors (Lipinski definition) is 3. The molecule has 82 valence electrons. The predicted molar refractivity (Wildman–Crippen MR) is 63.2 cm³/mol. The van der Waals surface area contributed by atoms with E-state index in [0.717, 1.165) is 16.3 Å². The number of benzene rings is 1. The summed E-state index contributed by atoms with van der Waals surface area (Å²) in [6.45, 7) is 2.10. The van der Waals surface area contributed by atoms with E-state index in [1.807, 2.05) is 31.2 Å². The zero-order valence-corrected chi connectivity index (χ0v) is 10.0. The predicted octanol–water partition coefficient (Wildman–Crippen LogP) is 2.64. The maximum absolute atomic E-state index is 9.03. The highest BCUT2D eigenvalue weighted by Crippen LogP contribution is 2.44. The van der Waals surface area contributed by atoms with Crippen molar-refractivity contribution in [1.29, 1.82) is 0 Å². The van der Waals surface area contributed by atoms with Crippen molar-refractivity contribution in [3.8, 4) is 0 Å². The lowest BCUT2D eigenvalue weighted by Crippen LogP contribution is -2.22. The van der Waals surface area contributed by atoms with Gasteiger partial charge in [0.2, 0.25) is 0 Å². The molecule has 0 aromatic heterocycles. The summed E-state index contributed by atoms with van der Waals surface area (Å²) < 4.78 is 5.79. The molecule has 0 amide bonds. The van der Waals surface area contributed by atoms with Crippen LogP contribution in [0.25, 0.3) is 0 Å². The molecule has 1 aromatic rings. The van der Waals surface area contributed by atoms with Gasteiger partial charge >= 0.3 is 0 Å². The van der Waals surface area contributed by atoms with Gasteiger partial charge in [-0.05, 0) is 24.6 Å². The largest absolute Gasteiger partial charge is 0.394 e. The second-order valence-electron chi connectivity index (χ2n) is 3.69. The van der Waals surface area contributed by atoms with E-state index in [9.17, 15) is 0 Å². The van der Waals surface area contributed by atoms with E-state index in [0.29, 0.717) is 0 Å². The number of rotatable bonds is 2. The summed E-state index contributed by atoms with van der Waals surface area (Å²) >= 11 is 7.54. The summed E-state index contributed by atoms with van der Waals surface area (Å²) in [4.78, 5) is -0.349. The van der Waals surface area contributed by atoms with Crippen LogP contribution >= 0.6 is 23.4 Å². The van der Waals surface area contributed by atoms with Gasteiger partial charge in [0.1, 0.15) is 4.93 Å². The molecule has 0 bridgehead atoms. The quantitative estimate of drug-likeness (QED) is 0.867. The number of hydrogen-bond donors (Lipinski definition) is 1.